The number of thioether (sulfide) groups is 1. The van der Waals surface area contributed by atoms with Gasteiger partial charge in [0.1, 0.15) is 41.6 Å². The number of halogens is 1. The summed E-state index contributed by atoms with van der Waals surface area (Å²) in [4.78, 5) is 18.2. The Hall–Kier alpha value is -2.31. The summed E-state index contributed by atoms with van der Waals surface area (Å²) in [6.45, 7) is -0.493. The first kappa shape index (κ1) is 21.9. The molecule has 0 amide bonds. The number of ether oxygens (including phenoxy) is 1. The van der Waals surface area contributed by atoms with Crippen LogP contribution in [-0.4, -0.2) is 70.6 Å². The summed E-state index contributed by atoms with van der Waals surface area (Å²) in [6, 6.07) is 2.39. The van der Waals surface area contributed by atoms with Crippen molar-refractivity contribution in [2.24, 2.45) is 0 Å². The van der Waals surface area contributed by atoms with E-state index in [9.17, 15) is 20.1 Å². The predicted molar refractivity (Wildman–Crippen MR) is 111 cm³/mol. The van der Waals surface area contributed by atoms with Crippen LogP contribution >= 0.6 is 34.7 Å². The molecular weight excluding hydrogens is 468 g/mol. The Labute approximate surface area is 187 Å². The Morgan fingerprint density at radius 2 is 2.23 bits per heavy atom. The second-order valence-electron chi connectivity index (χ2n) is 6.57. The van der Waals surface area contributed by atoms with Gasteiger partial charge in [-0.25, -0.2) is 9.67 Å². The van der Waals surface area contributed by atoms with E-state index in [1.165, 1.54) is 23.1 Å². The fourth-order valence-corrected chi connectivity index (χ4v) is 5.04. The molecule has 1 aliphatic heterocycles. The zero-order valence-corrected chi connectivity index (χ0v) is 17.9. The molecule has 3 unspecified atom stereocenters. The molecule has 0 aromatic carbocycles. The van der Waals surface area contributed by atoms with Gasteiger partial charge in [-0.15, -0.1) is 5.10 Å². The van der Waals surface area contributed by atoms with E-state index in [-0.39, 0.29) is 15.6 Å². The normalized spacial score (nSPS) is 26.0. The van der Waals surface area contributed by atoms with Gasteiger partial charge in [-0.2, -0.15) is 5.26 Å². The van der Waals surface area contributed by atoms with Crippen molar-refractivity contribution in [1.29, 1.82) is 5.26 Å². The second-order valence-corrected chi connectivity index (χ2v) is 9.00. The molecule has 14 heteroatoms. The van der Waals surface area contributed by atoms with E-state index >= 15 is 0 Å². The standard InChI is InChI=1S/C17H15ClN6O5S2/c18-8-1-7(3-20-9(8)2-19)31-16-15(27)13(14(26)12(5-25)29-16)24-4-10(22-23-24)11-6-30-17(28)21-11/h1,3-4,6,12-16,25-27H,5H2,(H,21,28)/t12?,13?,14-,15?,16+/m0/s1. The molecule has 4 N–H and O–H groups in total. The molecule has 3 aromatic rings. The van der Waals surface area contributed by atoms with E-state index in [0.717, 1.165) is 23.1 Å². The van der Waals surface area contributed by atoms with Crippen LogP contribution in [0.25, 0.3) is 11.4 Å². The maximum absolute atomic E-state index is 11.4. The number of aromatic nitrogens is 5. The zero-order valence-electron chi connectivity index (χ0n) is 15.5. The smallest absolute Gasteiger partial charge is 0.304 e. The third-order valence-corrected chi connectivity index (χ3v) is 6.71. The van der Waals surface area contributed by atoms with Crippen molar-refractivity contribution in [2.45, 2.75) is 34.7 Å². The van der Waals surface area contributed by atoms with E-state index in [1.807, 2.05) is 6.07 Å². The lowest BCUT2D eigenvalue weighted by atomic mass is 9.97. The number of pyridine rings is 1. The number of rotatable bonds is 5. The van der Waals surface area contributed by atoms with Gasteiger partial charge in [0, 0.05) is 16.5 Å². The summed E-state index contributed by atoms with van der Waals surface area (Å²) in [5.41, 5.74) is -0.0264. The Kier molecular flexibility index (Phi) is 6.39. The molecular formula is C17H15ClN6O5S2. The summed E-state index contributed by atoms with van der Waals surface area (Å²) in [6.07, 6.45) is -0.638. The lowest BCUT2D eigenvalue weighted by molar-refractivity contribution is -0.178. The Balaban J connectivity index is 1.61. The van der Waals surface area contributed by atoms with Crippen LogP contribution in [0, 0.1) is 11.3 Å². The van der Waals surface area contributed by atoms with Crippen LogP contribution in [0.5, 0.6) is 0 Å². The summed E-state index contributed by atoms with van der Waals surface area (Å²) >= 11 is 8.07. The van der Waals surface area contributed by atoms with E-state index in [0.29, 0.717) is 16.3 Å². The molecule has 162 valence electrons. The molecule has 5 atom stereocenters. The number of nitrogens with zero attached hydrogens (tertiary/aromatic N) is 5. The molecule has 4 heterocycles. The number of hydrogen-bond acceptors (Lipinski definition) is 11. The minimum atomic E-state index is -1.28. The van der Waals surface area contributed by atoms with Gasteiger partial charge in [-0.05, 0) is 6.07 Å². The highest BCUT2D eigenvalue weighted by molar-refractivity contribution is 7.99. The molecule has 4 rings (SSSR count). The molecule has 1 fully saturated rings. The summed E-state index contributed by atoms with van der Waals surface area (Å²) in [5, 5.41) is 49.9. The van der Waals surface area contributed by atoms with Gasteiger partial charge in [-0.1, -0.05) is 39.9 Å². The van der Waals surface area contributed by atoms with Crippen molar-refractivity contribution >= 4 is 34.7 Å². The fourth-order valence-electron chi connectivity index (χ4n) is 3.13. The van der Waals surface area contributed by atoms with Crippen molar-refractivity contribution in [1.82, 2.24) is 25.0 Å². The van der Waals surface area contributed by atoms with Crippen molar-refractivity contribution in [3.05, 3.63) is 44.2 Å². The van der Waals surface area contributed by atoms with Gasteiger partial charge in [0.2, 0.25) is 0 Å². The zero-order chi connectivity index (χ0) is 22.1. The van der Waals surface area contributed by atoms with Gasteiger partial charge in [-0.3, -0.25) is 4.79 Å². The van der Waals surface area contributed by atoms with Crippen LogP contribution in [0.3, 0.4) is 0 Å². The van der Waals surface area contributed by atoms with Gasteiger partial charge in [0.05, 0.1) is 23.5 Å². The molecule has 0 aliphatic carbocycles. The molecule has 0 bridgehead atoms. The lowest BCUT2D eigenvalue weighted by Gasteiger charge is -2.41. The SMILES string of the molecule is N#Cc1ncc(S[C@H]2OC(CO)[C@H](O)C(n3cc(-c4csc(=O)[nH]4)nn3)C2O)cc1Cl. The number of nitrogens with one attached hydrogen (secondary N) is 1. The fraction of sp³-hybridized carbons (Fsp3) is 0.353. The Morgan fingerprint density at radius 3 is 2.87 bits per heavy atom. The van der Waals surface area contributed by atoms with Crippen LogP contribution in [0.1, 0.15) is 11.7 Å². The molecule has 0 radical (unpaired) electrons. The van der Waals surface area contributed by atoms with Crippen LogP contribution < -0.4 is 4.87 Å². The maximum atomic E-state index is 11.4. The topological polar surface area (TPSA) is 170 Å². The first-order valence-electron chi connectivity index (χ1n) is 8.86. The molecule has 1 saturated heterocycles. The van der Waals surface area contributed by atoms with Crippen LogP contribution in [0.15, 0.2) is 33.5 Å². The van der Waals surface area contributed by atoms with Gasteiger partial charge < -0.3 is 25.0 Å². The number of H-pyrrole nitrogens is 1. The molecule has 11 nitrogen and oxygen atoms in total. The first-order chi connectivity index (χ1) is 14.9. The minimum absolute atomic E-state index is 0.0688. The van der Waals surface area contributed by atoms with Gasteiger partial charge in [0.25, 0.3) is 0 Å². The van der Waals surface area contributed by atoms with Gasteiger partial charge in [0.15, 0.2) is 5.69 Å². The number of aromatic amines is 1. The molecule has 31 heavy (non-hydrogen) atoms. The van der Waals surface area contributed by atoms with E-state index in [2.05, 4.69) is 20.3 Å². The highest BCUT2D eigenvalue weighted by Crippen LogP contribution is 2.38. The van der Waals surface area contributed by atoms with Crippen molar-refractivity contribution in [3.8, 4) is 17.5 Å². The average Bonchev–Trinajstić information content (AvgIpc) is 3.39. The lowest BCUT2D eigenvalue weighted by Crippen LogP contribution is -2.55. The van der Waals surface area contributed by atoms with Crippen molar-refractivity contribution < 1.29 is 20.1 Å². The van der Waals surface area contributed by atoms with Crippen LogP contribution in [-0.2, 0) is 4.74 Å². The van der Waals surface area contributed by atoms with Crippen molar-refractivity contribution in [3.63, 3.8) is 0 Å². The van der Waals surface area contributed by atoms with E-state index in [1.54, 1.807) is 5.38 Å². The molecule has 1 aliphatic rings. The van der Waals surface area contributed by atoms with Crippen molar-refractivity contribution in [2.75, 3.05) is 6.61 Å². The summed E-state index contributed by atoms with van der Waals surface area (Å²) in [7, 11) is 0. The summed E-state index contributed by atoms with van der Waals surface area (Å²) < 4.78 is 6.96. The highest BCUT2D eigenvalue weighted by atomic mass is 35.5. The third kappa shape index (κ3) is 4.37. The second kappa shape index (κ2) is 9.05. The molecule has 3 aromatic heterocycles. The van der Waals surface area contributed by atoms with E-state index in [4.69, 9.17) is 21.6 Å². The monoisotopic (exact) mass is 482 g/mol. The Morgan fingerprint density at radius 1 is 1.42 bits per heavy atom. The predicted octanol–water partition coefficient (Wildman–Crippen LogP) is 0.387. The highest BCUT2D eigenvalue weighted by Gasteiger charge is 2.46. The number of hydrogen-bond donors (Lipinski definition) is 4. The quantitative estimate of drug-likeness (QED) is 0.398. The molecule has 0 spiro atoms. The Bertz CT molecular complexity index is 1180. The number of thiazole rings is 1. The first-order valence-corrected chi connectivity index (χ1v) is 11.0. The van der Waals surface area contributed by atoms with E-state index < -0.39 is 36.4 Å². The number of nitriles is 1. The van der Waals surface area contributed by atoms with Crippen LogP contribution in [0.2, 0.25) is 5.02 Å². The maximum Gasteiger partial charge on any atom is 0.304 e. The van der Waals surface area contributed by atoms with Gasteiger partial charge >= 0.3 is 4.87 Å². The minimum Gasteiger partial charge on any atom is -0.394 e. The van der Waals surface area contributed by atoms with Crippen LogP contribution in [0.4, 0.5) is 0 Å². The third-order valence-electron chi connectivity index (χ3n) is 4.63. The summed E-state index contributed by atoms with van der Waals surface area (Å²) in [5.74, 6) is 0. The largest absolute Gasteiger partial charge is 0.394 e. The number of aliphatic hydroxyl groups is 3. The average molecular weight is 483 g/mol. The number of aliphatic hydroxyl groups excluding tert-OH is 3. The molecule has 0 saturated carbocycles.